The summed E-state index contributed by atoms with van der Waals surface area (Å²) in [7, 11) is -3.77. The number of benzene rings is 2. The van der Waals surface area contributed by atoms with E-state index in [1.807, 2.05) is 24.3 Å². The van der Waals surface area contributed by atoms with Gasteiger partial charge in [-0.1, -0.05) is 37.3 Å². The van der Waals surface area contributed by atoms with Gasteiger partial charge in [0, 0.05) is 37.3 Å². The fourth-order valence-corrected chi connectivity index (χ4v) is 6.44. The summed E-state index contributed by atoms with van der Waals surface area (Å²) < 4.78 is 26.9. The molecule has 2 aromatic rings. The number of fused-ring (bicyclic) bond motifs is 1. The fourth-order valence-electron chi connectivity index (χ4n) is 4.86. The van der Waals surface area contributed by atoms with Crippen molar-refractivity contribution in [2.45, 2.75) is 52.0 Å². The minimum absolute atomic E-state index is 0.0495. The van der Waals surface area contributed by atoms with E-state index in [0.29, 0.717) is 50.0 Å². The van der Waals surface area contributed by atoms with Gasteiger partial charge in [0.15, 0.2) is 0 Å². The zero-order valence-corrected chi connectivity index (χ0v) is 21.7. The summed E-state index contributed by atoms with van der Waals surface area (Å²) in [5.74, 6) is -1.24. The maximum absolute atomic E-state index is 13.4. The van der Waals surface area contributed by atoms with Crippen LogP contribution in [-0.4, -0.2) is 60.7 Å². The number of sulfonamides is 1. The predicted molar refractivity (Wildman–Crippen MR) is 138 cm³/mol. The lowest BCUT2D eigenvalue weighted by atomic mass is 10.00. The molecule has 0 N–H and O–H groups in total. The minimum Gasteiger partial charge on any atom is -0.343 e. The number of amides is 3. The zero-order valence-electron chi connectivity index (χ0n) is 20.9. The van der Waals surface area contributed by atoms with Crippen LogP contribution in [0.4, 0.5) is 5.69 Å². The van der Waals surface area contributed by atoms with Gasteiger partial charge in [0.2, 0.25) is 21.8 Å². The van der Waals surface area contributed by atoms with E-state index in [1.165, 1.54) is 0 Å². The molecule has 0 bridgehead atoms. The number of carbonyl (C=O) groups is 3. The van der Waals surface area contributed by atoms with Crippen molar-refractivity contribution in [2.24, 2.45) is 0 Å². The number of hydrogen-bond acceptors (Lipinski definition) is 5. The Labute approximate surface area is 212 Å². The minimum atomic E-state index is -3.77. The van der Waals surface area contributed by atoms with Crippen molar-refractivity contribution >= 4 is 33.4 Å². The number of anilines is 1. The largest absolute Gasteiger partial charge is 0.343 e. The first-order valence-electron chi connectivity index (χ1n) is 12.5. The van der Waals surface area contributed by atoms with Crippen LogP contribution in [0.15, 0.2) is 48.5 Å². The molecule has 1 fully saturated rings. The molecule has 192 valence electrons. The van der Waals surface area contributed by atoms with Crippen molar-refractivity contribution in [1.29, 1.82) is 0 Å². The smallest absolute Gasteiger partial charge is 0.258 e. The number of likely N-dealkylation sites (tertiary alicyclic amines) is 1. The van der Waals surface area contributed by atoms with Gasteiger partial charge in [-0.3, -0.25) is 14.4 Å². The van der Waals surface area contributed by atoms with Crippen molar-refractivity contribution in [1.82, 2.24) is 9.21 Å². The summed E-state index contributed by atoms with van der Waals surface area (Å²) in [5.41, 5.74) is 3.07. The average molecular weight is 512 g/mol. The highest BCUT2D eigenvalue weighted by molar-refractivity contribution is 7.89. The maximum Gasteiger partial charge on any atom is 0.258 e. The van der Waals surface area contributed by atoms with E-state index in [0.717, 1.165) is 22.0 Å². The summed E-state index contributed by atoms with van der Waals surface area (Å²) >= 11 is 0. The SMILES string of the molecule is CCCS(=O)(=O)N(CCCN1CCCC1=O)C(=O)C(C)c1ccc(N2Cc3ccccc3C2=O)cc1. The van der Waals surface area contributed by atoms with Crippen LogP contribution in [0.3, 0.4) is 0 Å². The highest BCUT2D eigenvalue weighted by Gasteiger charge is 2.32. The normalized spacial score (nSPS) is 16.4. The molecule has 0 aromatic heterocycles. The molecule has 9 heteroatoms. The molecule has 0 aliphatic carbocycles. The third kappa shape index (κ3) is 5.31. The molecule has 36 heavy (non-hydrogen) atoms. The molecule has 1 unspecified atom stereocenters. The molecule has 2 aromatic carbocycles. The molecule has 0 saturated carbocycles. The monoisotopic (exact) mass is 511 g/mol. The Bertz CT molecular complexity index is 1240. The van der Waals surface area contributed by atoms with E-state index >= 15 is 0 Å². The highest BCUT2D eigenvalue weighted by atomic mass is 32.2. The van der Waals surface area contributed by atoms with Crippen LogP contribution in [0, 0.1) is 0 Å². The number of hydrogen-bond donors (Lipinski definition) is 0. The van der Waals surface area contributed by atoms with E-state index in [1.54, 1.807) is 47.9 Å². The molecule has 3 amide bonds. The molecule has 0 radical (unpaired) electrons. The number of carbonyl (C=O) groups excluding carboxylic acids is 3. The molecule has 2 aliphatic heterocycles. The third-order valence-corrected chi connectivity index (χ3v) is 8.86. The summed E-state index contributed by atoms with van der Waals surface area (Å²) in [5, 5.41) is 0. The molecule has 1 saturated heterocycles. The van der Waals surface area contributed by atoms with Crippen LogP contribution in [0.25, 0.3) is 0 Å². The van der Waals surface area contributed by atoms with Gasteiger partial charge in [-0.25, -0.2) is 12.7 Å². The molecule has 2 aliphatic rings. The van der Waals surface area contributed by atoms with Crippen molar-refractivity contribution in [3.63, 3.8) is 0 Å². The Morgan fingerprint density at radius 2 is 1.81 bits per heavy atom. The third-order valence-electron chi connectivity index (χ3n) is 6.90. The topological polar surface area (TPSA) is 95.1 Å². The summed E-state index contributed by atoms with van der Waals surface area (Å²) in [6.45, 7) is 5.14. The van der Waals surface area contributed by atoms with Gasteiger partial charge >= 0.3 is 0 Å². The standard InChI is InChI=1S/C27H33N3O5S/c1-3-18-36(34,35)30(17-7-16-28-15-6-10-25(28)31)26(32)20(2)21-11-13-23(14-12-21)29-19-22-8-4-5-9-24(22)27(29)33/h4-5,8-9,11-14,20H,3,6-7,10,15-19H2,1-2H3. The van der Waals surface area contributed by atoms with E-state index in [-0.39, 0.29) is 24.1 Å². The molecular weight excluding hydrogens is 478 g/mol. The van der Waals surface area contributed by atoms with Crippen molar-refractivity contribution in [3.8, 4) is 0 Å². The molecule has 2 heterocycles. The van der Waals surface area contributed by atoms with Crippen molar-refractivity contribution in [2.75, 3.05) is 30.3 Å². The van der Waals surface area contributed by atoms with Gasteiger partial charge in [-0.05, 0) is 55.5 Å². The second-order valence-corrected chi connectivity index (χ2v) is 11.4. The van der Waals surface area contributed by atoms with Gasteiger partial charge < -0.3 is 9.80 Å². The molecular formula is C27H33N3O5S. The molecule has 0 spiro atoms. The van der Waals surface area contributed by atoms with Crippen LogP contribution in [0.1, 0.15) is 66.9 Å². The Morgan fingerprint density at radius 1 is 1.08 bits per heavy atom. The van der Waals surface area contributed by atoms with Crippen LogP contribution >= 0.6 is 0 Å². The van der Waals surface area contributed by atoms with E-state index < -0.39 is 21.8 Å². The quantitative estimate of drug-likeness (QED) is 0.486. The highest BCUT2D eigenvalue weighted by Crippen LogP contribution is 2.30. The van der Waals surface area contributed by atoms with Crippen LogP contribution in [0.2, 0.25) is 0 Å². The lowest BCUT2D eigenvalue weighted by Crippen LogP contribution is -2.42. The van der Waals surface area contributed by atoms with Crippen molar-refractivity contribution < 1.29 is 22.8 Å². The van der Waals surface area contributed by atoms with Gasteiger partial charge in [0.1, 0.15) is 0 Å². The second kappa shape index (κ2) is 10.8. The lowest BCUT2D eigenvalue weighted by Gasteiger charge is -2.27. The second-order valence-electron chi connectivity index (χ2n) is 9.43. The average Bonchev–Trinajstić information content (AvgIpc) is 3.43. The number of rotatable bonds is 10. The van der Waals surface area contributed by atoms with Gasteiger partial charge in [0.05, 0.1) is 18.2 Å². The van der Waals surface area contributed by atoms with Crippen LogP contribution < -0.4 is 4.90 Å². The van der Waals surface area contributed by atoms with Gasteiger partial charge in [0.25, 0.3) is 5.91 Å². The summed E-state index contributed by atoms with van der Waals surface area (Å²) in [4.78, 5) is 41.5. The molecule has 4 rings (SSSR count). The van der Waals surface area contributed by atoms with E-state index in [2.05, 4.69) is 0 Å². The Kier molecular flexibility index (Phi) is 7.78. The van der Waals surface area contributed by atoms with Gasteiger partial charge in [-0.2, -0.15) is 0 Å². The first-order valence-corrected chi connectivity index (χ1v) is 14.2. The first-order chi connectivity index (χ1) is 17.2. The number of nitrogens with zero attached hydrogens (tertiary/aromatic N) is 3. The lowest BCUT2D eigenvalue weighted by molar-refractivity contribution is -0.128. The molecule has 8 nitrogen and oxygen atoms in total. The fraction of sp³-hybridized carbons (Fsp3) is 0.444. The summed E-state index contributed by atoms with van der Waals surface area (Å²) in [6, 6.07) is 14.7. The van der Waals surface area contributed by atoms with Crippen molar-refractivity contribution in [3.05, 3.63) is 65.2 Å². The maximum atomic E-state index is 13.4. The Balaban J connectivity index is 1.46. The van der Waals surface area contributed by atoms with E-state index in [4.69, 9.17) is 0 Å². The van der Waals surface area contributed by atoms with E-state index in [9.17, 15) is 22.8 Å². The molecule has 1 atom stereocenters. The zero-order chi connectivity index (χ0) is 25.9. The summed E-state index contributed by atoms with van der Waals surface area (Å²) in [6.07, 6.45) is 2.16. The Morgan fingerprint density at radius 3 is 2.44 bits per heavy atom. The van der Waals surface area contributed by atoms with Gasteiger partial charge in [-0.15, -0.1) is 0 Å². The van der Waals surface area contributed by atoms with Crippen LogP contribution in [0.5, 0.6) is 0 Å². The first kappa shape index (κ1) is 25.9. The Hall–Kier alpha value is -3.20. The van der Waals surface area contributed by atoms with Crippen LogP contribution in [-0.2, 0) is 26.2 Å². The predicted octanol–water partition coefficient (Wildman–Crippen LogP) is 3.53.